The molecule has 25 heavy (non-hydrogen) atoms. The Morgan fingerprint density at radius 1 is 1.32 bits per heavy atom. The summed E-state index contributed by atoms with van der Waals surface area (Å²) in [6.45, 7) is 11.6. The van der Waals surface area contributed by atoms with Gasteiger partial charge in [-0.2, -0.15) is 5.10 Å². The summed E-state index contributed by atoms with van der Waals surface area (Å²) in [5.74, 6) is -0.196. The smallest absolute Gasteiger partial charge is 0.274 e. The van der Waals surface area contributed by atoms with Crippen molar-refractivity contribution >= 4 is 17.3 Å². The van der Waals surface area contributed by atoms with Gasteiger partial charge in [-0.1, -0.05) is 12.2 Å². The number of amides is 1. The van der Waals surface area contributed by atoms with Gasteiger partial charge < -0.3 is 4.90 Å². The van der Waals surface area contributed by atoms with Gasteiger partial charge in [0.25, 0.3) is 5.91 Å². The Balaban J connectivity index is 1.97. The molecule has 0 N–H and O–H groups in total. The first-order chi connectivity index (χ1) is 11.9. The van der Waals surface area contributed by atoms with Gasteiger partial charge in [0.1, 0.15) is 0 Å². The standard InChI is InChI=1S/C19H22N4O2/c1-5-7-19(8-6-2)9-10-22(19)18(25)16-11-17-20-12-15(14(4)24)13(3)23(17)21-16/h5-6,11-12H,1-2,7-10H2,3-4H3. The number of aromatic nitrogens is 3. The molecule has 1 aliphatic heterocycles. The summed E-state index contributed by atoms with van der Waals surface area (Å²) in [6, 6.07) is 1.67. The van der Waals surface area contributed by atoms with Crippen molar-refractivity contribution < 1.29 is 9.59 Å². The number of Topliss-reactive ketones (excluding diaryl/α,β-unsaturated/α-hetero) is 1. The first-order valence-corrected chi connectivity index (χ1v) is 8.33. The van der Waals surface area contributed by atoms with Crippen LogP contribution in [0, 0.1) is 6.92 Å². The van der Waals surface area contributed by atoms with Crippen molar-refractivity contribution in [3.8, 4) is 0 Å². The Kier molecular flexibility index (Phi) is 4.29. The molecule has 0 aromatic carbocycles. The Morgan fingerprint density at radius 2 is 2.00 bits per heavy atom. The van der Waals surface area contributed by atoms with Crippen LogP contribution in [0.15, 0.2) is 37.6 Å². The molecule has 6 heteroatoms. The first-order valence-electron chi connectivity index (χ1n) is 8.33. The van der Waals surface area contributed by atoms with Crippen LogP contribution in [-0.2, 0) is 0 Å². The van der Waals surface area contributed by atoms with Crippen LogP contribution in [0.2, 0.25) is 0 Å². The molecule has 0 atom stereocenters. The van der Waals surface area contributed by atoms with E-state index in [0.29, 0.717) is 29.1 Å². The molecule has 0 unspecified atom stereocenters. The summed E-state index contributed by atoms with van der Waals surface area (Å²) < 4.78 is 1.56. The number of hydrogen-bond donors (Lipinski definition) is 0. The topological polar surface area (TPSA) is 67.6 Å². The Bertz CT molecular complexity index is 871. The van der Waals surface area contributed by atoms with Crippen molar-refractivity contribution in [2.24, 2.45) is 0 Å². The molecular weight excluding hydrogens is 316 g/mol. The van der Waals surface area contributed by atoms with Crippen LogP contribution in [0.4, 0.5) is 0 Å². The largest absolute Gasteiger partial charge is 0.331 e. The summed E-state index contributed by atoms with van der Waals surface area (Å²) in [6.07, 6.45) is 7.60. The molecule has 3 rings (SSSR count). The second kappa shape index (κ2) is 6.27. The van der Waals surface area contributed by atoms with E-state index in [1.54, 1.807) is 17.5 Å². The number of likely N-dealkylation sites (tertiary alicyclic amines) is 1. The van der Waals surface area contributed by atoms with Gasteiger partial charge in [0.2, 0.25) is 0 Å². The van der Waals surface area contributed by atoms with Crippen molar-refractivity contribution in [1.82, 2.24) is 19.5 Å². The van der Waals surface area contributed by atoms with E-state index < -0.39 is 0 Å². The third-order valence-electron chi connectivity index (χ3n) is 4.99. The van der Waals surface area contributed by atoms with E-state index in [9.17, 15) is 9.59 Å². The maximum absolute atomic E-state index is 13.0. The lowest BCUT2D eigenvalue weighted by Crippen LogP contribution is -2.61. The van der Waals surface area contributed by atoms with Crippen LogP contribution in [0.25, 0.3) is 5.65 Å². The quantitative estimate of drug-likeness (QED) is 0.600. The fourth-order valence-corrected chi connectivity index (χ4v) is 3.54. The van der Waals surface area contributed by atoms with Gasteiger partial charge in [0.15, 0.2) is 17.1 Å². The van der Waals surface area contributed by atoms with Crippen LogP contribution >= 0.6 is 0 Å². The number of ketones is 1. The van der Waals surface area contributed by atoms with Gasteiger partial charge in [-0.25, -0.2) is 9.50 Å². The molecule has 1 fully saturated rings. The van der Waals surface area contributed by atoms with E-state index in [0.717, 1.165) is 19.3 Å². The lowest BCUT2D eigenvalue weighted by Gasteiger charge is -2.52. The first kappa shape index (κ1) is 17.1. The average molecular weight is 338 g/mol. The molecule has 2 aromatic rings. The number of carbonyl (C=O) groups is 2. The fourth-order valence-electron chi connectivity index (χ4n) is 3.54. The summed E-state index contributed by atoms with van der Waals surface area (Å²) in [5.41, 5.74) is 1.84. The van der Waals surface area contributed by atoms with E-state index in [1.807, 2.05) is 17.1 Å². The molecule has 6 nitrogen and oxygen atoms in total. The van der Waals surface area contributed by atoms with Crippen molar-refractivity contribution in [3.05, 3.63) is 54.5 Å². The second-order valence-electron chi connectivity index (χ2n) is 6.53. The average Bonchev–Trinajstić information content (AvgIpc) is 2.98. The number of aryl methyl sites for hydroxylation is 1. The maximum atomic E-state index is 13.0. The van der Waals surface area contributed by atoms with Crippen LogP contribution in [0.5, 0.6) is 0 Å². The van der Waals surface area contributed by atoms with Gasteiger partial charge >= 0.3 is 0 Å². The Labute approximate surface area is 146 Å². The SMILES string of the molecule is C=CCC1(CC=C)CCN1C(=O)c1cc2ncc(C(C)=O)c(C)n2n1. The van der Waals surface area contributed by atoms with Crippen LogP contribution in [-0.4, -0.2) is 43.3 Å². The molecule has 0 aliphatic carbocycles. The molecule has 130 valence electrons. The molecular formula is C19H22N4O2. The van der Waals surface area contributed by atoms with E-state index in [1.165, 1.54) is 13.1 Å². The Morgan fingerprint density at radius 3 is 2.52 bits per heavy atom. The molecule has 3 heterocycles. The molecule has 1 aliphatic rings. The normalized spacial score (nSPS) is 15.7. The monoisotopic (exact) mass is 338 g/mol. The van der Waals surface area contributed by atoms with Gasteiger partial charge in [-0.15, -0.1) is 13.2 Å². The highest BCUT2D eigenvalue weighted by Gasteiger charge is 2.46. The number of nitrogens with zero attached hydrogens (tertiary/aromatic N) is 4. The van der Waals surface area contributed by atoms with Gasteiger partial charge in [0, 0.05) is 18.8 Å². The van der Waals surface area contributed by atoms with Gasteiger partial charge in [-0.3, -0.25) is 9.59 Å². The van der Waals surface area contributed by atoms with E-state index >= 15 is 0 Å². The minimum absolute atomic E-state index is 0.0750. The molecule has 0 saturated carbocycles. The zero-order valence-electron chi connectivity index (χ0n) is 14.7. The van der Waals surface area contributed by atoms with Crippen molar-refractivity contribution in [2.45, 2.75) is 38.6 Å². The second-order valence-corrected chi connectivity index (χ2v) is 6.53. The zero-order valence-corrected chi connectivity index (χ0v) is 14.7. The third kappa shape index (κ3) is 2.67. The van der Waals surface area contributed by atoms with E-state index in [4.69, 9.17) is 0 Å². The fraction of sp³-hybridized carbons (Fsp3) is 0.368. The van der Waals surface area contributed by atoms with Gasteiger partial charge in [0.05, 0.1) is 16.8 Å². The van der Waals surface area contributed by atoms with E-state index in [-0.39, 0.29) is 17.2 Å². The van der Waals surface area contributed by atoms with Crippen LogP contribution in [0.3, 0.4) is 0 Å². The van der Waals surface area contributed by atoms with E-state index in [2.05, 4.69) is 23.2 Å². The molecule has 0 spiro atoms. The Hall–Kier alpha value is -2.76. The predicted octanol–water partition coefficient (Wildman–Crippen LogP) is 2.98. The lowest BCUT2D eigenvalue weighted by atomic mass is 9.78. The molecule has 1 saturated heterocycles. The number of hydrogen-bond acceptors (Lipinski definition) is 4. The highest BCUT2D eigenvalue weighted by atomic mass is 16.2. The minimum atomic E-state index is -0.247. The zero-order chi connectivity index (χ0) is 18.2. The van der Waals surface area contributed by atoms with Crippen LogP contribution in [0.1, 0.15) is 52.7 Å². The van der Waals surface area contributed by atoms with Crippen molar-refractivity contribution in [3.63, 3.8) is 0 Å². The third-order valence-corrected chi connectivity index (χ3v) is 4.99. The number of carbonyl (C=O) groups excluding carboxylic acids is 2. The summed E-state index contributed by atoms with van der Waals surface area (Å²) in [4.78, 5) is 30.7. The maximum Gasteiger partial charge on any atom is 0.274 e. The summed E-state index contributed by atoms with van der Waals surface area (Å²) >= 11 is 0. The highest BCUT2D eigenvalue weighted by Crippen LogP contribution is 2.38. The highest BCUT2D eigenvalue weighted by molar-refractivity contribution is 5.96. The number of fused-ring (bicyclic) bond motifs is 1. The molecule has 0 radical (unpaired) electrons. The van der Waals surface area contributed by atoms with Crippen molar-refractivity contribution in [1.29, 1.82) is 0 Å². The predicted molar refractivity (Wildman–Crippen MR) is 95.7 cm³/mol. The summed E-state index contributed by atoms with van der Waals surface area (Å²) in [7, 11) is 0. The molecule has 2 aromatic heterocycles. The molecule has 0 bridgehead atoms. The minimum Gasteiger partial charge on any atom is -0.331 e. The molecule has 1 amide bonds. The lowest BCUT2D eigenvalue weighted by molar-refractivity contribution is -0.000558. The van der Waals surface area contributed by atoms with Crippen LogP contribution < -0.4 is 0 Å². The summed E-state index contributed by atoms with van der Waals surface area (Å²) in [5, 5.41) is 4.40. The van der Waals surface area contributed by atoms with Crippen molar-refractivity contribution in [2.75, 3.05) is 6.54 Å². The number of rotatable bonds is 6. The van der Waals surface area contributed by atoms with Gasteiger partial charge in [-0.05, 0) is 33.1 Å².